The van der Waals surface area contributed by atoms with Gasteiger partial charge in [0.05, 0.1) is 19.3 Å². The second-order valence-electron chi connectivity index (χ2n) is 5.44. The van der Waals surface area contributed by atoms with Crippen LogP contribution in [0, 0.1) is 23.7 Å². The highest BCUT2D eigenvalue weighted by Gasteiger charge is 2.03. The van der Waals surface area contributed by atoms with Crippen LogP contribution in [0.15, 0.2) is 36.5 Å². The number of aliphatic hydroxyl groups is 3. The zero-order valence-electron chi connectivity index (χ0n) is 15.4. The minimum absolute atomic E-state index is 0.267. The molecule has 3 N–H and O–H groups in total. The molecule has 3 unspecified atom stereocenters. The Bertz CT molecular complexity index is 595. The minimum Gasteiger partial charge on any atom is -0.469 e. The van der Waals surface area contributed by atoms with Gasteiger partial charge in [-0.15, -0.1) is 0 Å². The third-order valence-electron chi connectivity index (χ3n) is 3.19. The Labute approximate surface area is 156 Å². The van der Waals surface area contributed by atoms with Gasteiger partial charge >= 0.3 is 5.97 Å². The van der Waals surface area contributed by atoms with Crippen LogP contribution >= 0.6 is 0 Å². The SMILES string of the molecule is CCC(O)/C=C/C#CCC(O)/C=C/C=C/C#CC(O)CCCC(=O)OC. The number of ether oxygens (including phenoxy) is 1. The molecule has 0 fully saturated rings. The van der Waals surface area contributed by atoms with Crippen LogP contribution < -0.4 is 0 Å². The molecule has 0 aromatic rings. The maximum absolute atomic E-state index is 10.9. The molecule has 0 rings (SSSR count). The number of allylic oxidation sites excluding steroid dienone is 4. The predicted octanol–water partition coefficient (Wildman–Crippen LogP) is 1.89. The Morgan fingerprint density at radius 1 is 1.08 bits per heavy atom. The van der Waals surface area contributed by atoms with Gasteiger partial charge in [0.25, 0.3) is 0 Å². The molecule has 0 aliphatic carbocycles. The Kier molecular flexibility index (Phi) is 14.7. The largest absolute Gasteiger partial charge is 0.469 e. The lowest BCUT2D eigenvalue weighted by Crippen LogP contribution is -2.05. The summed E-state index contributed by atoms with van der Waals surface area (Å²) in [6.45, 7) is 1.88. The van der Waals surface area contributed by atoms with Gasteiger partial charge in [-0.25, -0.2) is 0 Å². The monoisotopic (exact) mass is 360 g/mol. The van der Waals surface area contributed by atoms with E-state index >= 15 is 0 Å². The third-order valence-corrected chi connectivity index (χ3v) is 3.19. The van der Waals surface area contributed by atoms with Gasteiger partial charge in [-0.05, 0) is 37.5 Å². The molecule has 26 heavy (non-hydrogen) atoms. The van der Waals surface area contributed by atoms with Crippen molar-refractivity contribution >= 4 is 5.97 Å². The third kappa shape index (κ3) is 15.2. The average molecular weight is 360 g/mol. The van der Waals surface area contributed by atoms with Crippen LogP contribution in [0.4, 0.5) is 0 Å². The molecule has 0 aliphatic rings. The van der Waals surface area contributed by atoms with Gasteiger partial charge in [-0.2, -0.15) is 0 Å². The fourth-order valence-electron chi connectivity index (χ4n) is 1.64. The van der Waals surface area contributed by atoms with Crippen molar-refractivity contribution in [3.8, 4) is 23.7 Å². The van der Waals surface area contributed by atoms with Crippen molar-refractivity contribution in [1.82, 2.24) is 0 Å². The van der Waals surface area contributed by atoms with E-state index in [4.69, 9.17) is 0 Å². The van der Waals surface area contributed by atoms with Crippen molar-refractivity contribution in [2.24, 2.45) is 0 Å². The number of aliphatic hydroxyl groups excluding tert-OH is 3. The first-order chi connectivity index (χ1) is 12.5. The lowest BCUT2D eigenvalue weighted by molar-refractivity contribution is -0.140. The smallest absolute Gasteiger partial charge is 0.305 e. The van der Waals surface area contributed by atoms with Gasteiger partial charge in [0.15, 0.2) is 0 Å². The number of hydrogen-bond donors (Lipinski definition) is 3. The second kappa shape index (κ2) is 16.2. The molecular formula is C21H28O5. The van der Waals surface area contributed by atoms with Crippen LogP contribution in [0.2, 0.25) is 0 Å². The summed E-state index contributed by atoms with van der Waals surface area (Å²) in [5.41, 5.74) is 0. The molecule has 0 aromatic heterocycles. The summed E-state index contributed by atoms with van der Waals surface area (Å²) in [6.07, 6.45) is 9.83. The second-order valence-corrected chi connectivity index (χ2v) is 5.44. The highest BCUT2D eigenvalue weighted by atomic mass is 16.5. The molecule has 0 spiro atoms. The molecule has 5 nitrogen and oxygen atoms in total. The molecule has 5 heteroatoms. The van der Waals surface area contributed by atoms with Gasteiger partial charge in [0.1, 0.15) is 6.10 Å². The summed E-state index contributed by atoms with van der Waals surface area (Å²) < 4.78 is 4.51. The van der Waals surface area contributed by atoms with Crippen molar-refractivity contribution in [3.63, 3.8) is 0 Å². The first-order valence-electron chi connectivity index (χ1n) is 8.60. The summed E-state index contributed by atoms with van der Waals surface area (Å²) in [4.78, 5) is 10.9. The van der Waals surface area contributed by atoms with Crippen LogP contribution in [0.5, 0.6) is 0 Å². The van der Waals surface area contributed by atoms with Gasteiger partial charge in [-0.3, -0.25) is 4.79 Å². The molecule has 0 bridgehead atoms. The van der Waals surface area contributed by atoms with Crippen LogP contribution in [0.3, 0.4) is 0 Å². The predicted molar refractivity (Wildman–Crippen MR) is 102 cm³/mol. The standard InChI is InChI=1S/C21H28O5/c1-3-18(22)12-9-6-10-15-19(23)13-7-4-5-8-14-20(24)16-11-17-21(25)26-2/h4-5,7,9,12-13,18-20,22-24H,3,11,15-17H2,1-2H3/b5-4+,12-9+,13-7+. The fraction of sp³-hybridized carbons (Fsp3) is 0.476. The molecular weight excluding hydrogens is 332 g/mol. The maximum Gasteiger partial charge on any atom is 0.305 e. The first kappa shape index (κ1) is 23.7. The van der Waals surface area contributed by atoms with E-state index in [0.29, 0.717) is 25.7 Å². The lowest BCUT2D eigenvalue weighted by atomic mass is 10.1. The number of carbonyl (C=O) groups is 1. The number of hydrogen-bond acceptors (Lipinski definition) is 5. The number of rotatable bonds is 9. The summed E-state index contributed by atoms with van der Waals surface area (Å²) in [7, 11) is 1.33. The van der Waals surface area contributed by atoms with Crippen molar-refractivity contribution in [2.75, 3.05) is 7.11 Å². The molecule has 0 radical (unpaired) electrons. The molecule has 0 aromatic carbocycles. The van der Waals surface area contributed by atoms with Gasteiger partial charge in [0.2, 0.25) is 0 Å². The van der Waals surface area contributed by atoms with Crippen LogP contribution in [0.1, 0.15) is 39.0 Å². The molecule has 142 valence electrons. The van der Waals surface area contributed by atoms with Gasteiger partial charge < -0.3 is 20.1 Å². The van der Waals surface area contributed by atoms with Crippen molar-refractivity contribution in [3.05, 3.63) is 36.5 Å². The zero-order valence-corrected chi connectivity index (χ0v) is 15.4. The van der Waals surface area contributed by atoms with E-state index in [-0.39, 0.29) is 12.4 Å². The molecule has 0 saturated carbocycles. The van der Waals surface area contributed by atoms with E-state index in [1.54, 1.807) is 36.5 Å². The van der Waals surface area contributed by atoms with E-state index < -0.39 is 18.3 Å². The minimum atomic E-state index is -0.784. The summed E-state index contributed by atoms with van der Waals surface area (Å²) in [5, 5.41) is 28.6. The number of carbonyl (C=O) groups excluding carboxylic acids is 1. The van der Waals surface area contributed by atoms with Crippen molar-refractivity contribution < 1.29 is 24.9 Å². The Morgan fingerprint density at radius 2 is 1.85 bits per heavy atom. The molecule has 3 atom stereocenters. The molecule has 0 heterocycles. The van der Waals surface area contributed by atoms with Crippen molar-refractivity contribution in [1.29, 1.82) is 0 Å². The maximum atomic E-state index is 10.9. The summed E-state index contributed by atoms with van der Waals surface area (Å²) in [6, 6.07) is 0. The van der Waals surface area contributed by atoms with Crippen LogP contribution in [0.25, 0.3) is 0 Å². The average Bonchev–Trinajstić information content (AvgIpc) is 2.63. The first-order valence-corrected chi connectivity index (χ1v) is 8.60. The zero-order chi connectivity index (χ0) is 19.6. The topological polar surface area (TPSA) is 87.0 Å². The molecule has 0 aliphatic heterocycles. The highest BCUT2D eigenvalue weighted by molar-refractivity contribution is 5.68. The summed E-state index contributed by atoms with van der Waals surface area (Å²) in [5.74, 6) is 10.6. The van der Waals surface area contributed by atoms with E-state index in [0.717, 1.165) is 0 Å². The molecule has 0 amide bonds. The molecule has 0 saturated heterocycles. The van der Waals surface area contributed by atoms with E-state index in [1.807, 2.05) is 6.92 Å². The van der Waals surface area contributed by atoms with Gasteiger partial charge in [-0.1, -0.05) is 48.8 Å². The van der Waals surface area contributed by atoms with Crippen molar-refractivity contribution in [2.45, 2.75) is 57.3 Å². The number of esters is 1. The quantitative estimate of drug-likeness (QED) is 0.332. The Morgan fingerprint density at radius 3 is 2.54 bits per heavy atom. The lowest BCUT2D eigenvalue weighted by Gasteiger charge is -2.01. The fourth-order valence-corrected chi connectivity index (χ4v) is 1.64. The number of methoxy groups -OCH3 is 1. The highest BCUT2D eigenvalue weighted by Crippen LogP contribution is 2.01. The summed E-state index contributed by atoms with van der Waals surface area (Å²) >= 11 is 0. The Hall–Kier alpha value is -2.31. The normalized spacial score (nSPS) is 14.5. The van der Waals surface area contributed by atoms with Crippen LogP contribution in [-0.2, 0) is 9.53 Å². The van der Waals surface area contributed by atoms with Crippen LogP contribution in [-0.4, -0.2) is 46.7 Å². The Balaban J connectivity index is 4.04. The van der Waals surface area contributed by atoms with E-state index in [1.165, 1.54) is 7.11 Å². The van der Waals surface area contributed by atoms with E-state index in [2.05, 4.69) is 28.4 Å². The van der Waals surface area contributed by atoms with Gasteiger partial charge in [0, 0.05) is 12.8 Å². The van der Waals surface area contributed by atoms with E-state index in [9.17, 15) is 20.1 Å².